The molecule has 0 atom stereocenters. The first-order valence-electron chi connectivity index (χ1n) is 6.51. The number of benzene rings is 1. The average Bonchev–Trinajstić information content (AvgIpc) is 2.88. The van der Waals surface area contributed by atoms with E-state index in [4.69, 9.17) is 21.6 Å². The van der Waals surface area contributed by atoms with Crippen molar-refractivity contribution in [3.05, 3.63) is 40.4 Å². The van der Waals surface area contributed by atoms with Crippen LogP contribution in [0, 0.1) is 11.3 Å². The van der Waals surface area contributed by atoms with E-state index in [1.54, 1.807) is 18.2 Å². The summed E-state index contributed by atoms with van der Waals surface area (Å²) in [6.07, 6.45) is 3.26. The zero-order valence-corrected chi connectivity index (χ0v) is 11.6. The van der Waals surface area contributed by atoms with Crippen LogP contribution in [0.3, 0.4) is 0 Å². The summed E-state index contributed by atoms with van der Waals surface area (Å²) in [7, 11) is 0. The van der Waals surface area contributed by atoms with E-state index in [9.17, 15) is 0 Å². The zero-order chi connectivity index (χ0) is 13.9. The Hall–Kier alpha value is -2.06. The largest absolute Gasteiger partial charge is 0.484 e. The van der Waals surface area contributed by atoms with Crippen LogP contribution in [0.15, 0.2) is 18.2 Å². The van der Waals surface area contributed by atoms with Gasteiger partial charge in [0.1, 0.15) is 24.3 Å². The lowest BCUT2D eigenvalue weighted by atomic mass is 10.2. The Morgan fingerprint density at radius 2 is 2.25 bits per heavy atom. The van der Waals surface area contributed by atoms with Gasteiger partial charge in [-0.3, -0.25) is 0 Å². The molecule has 5 nitrogen and oxygen atoms in total. The number of ether oxygens (including phenoxy) is 1. The van der Waals surface area contributed by atoms with Gasteiger partial charge < -0.3 is 9.30 Å². The van der Waals surface area contributed by atoms with Crippen molar-refractivity contribution in [2.24, 2.45) is 0 Å². The number of nitrogens with zero attached hydrogens (tertiary/aromatic N) is 4. The van der Waals surface area contributed by atoms with E-state index >= 15 is 0 Å². The summed E-state index contributed by atoms with van der Waals surface area (Å²) in [6, 6.07) is 7.06. The minimum atomic E-state index is 0.294. The predicted octanol–water partition coefficient (Wildman–Crippen LogP) is 2.72. The van der Waals surface area contributed by atoms with Crippen LogP contribution < -0.4 is 4.74 Å². The molecule has 2 heterocycles. The van der Waals surface area contributed by atoms with Crippen molar-refractivity contribution >= 4 is 11.6 Å². The van der Waals surface area contributed by atoms with Gasteiger partial charge in [-0.05, 0) is 25.0 Å². The summed E-state index contributed by atoms with van der Waals surface area (Å²) in [5.74, 6) is 2.29. The molecule has 1 aromatic carbocycles. The molecule has 1 aliphatic rings. The molecule has 1 aliphatic heterocycles. The Labute approximate surface area is 121 Å². The molecule has 1 aromatic heterocycles. The molecule has 6 heteroatoms. The van der Waals surface area contributed by atoms with Gasteiger partial charge in [-0.15, -0.1) is 10.2 Å². The van der Waals surface area contributed by atoms with Crippen molar-refractivity contribution in [2.75, 3.05) is 0 Å². The number of hydrogen-bond donors (Lipinski definition) is 0. The van der Waals surface area contributed by atoms with E-state index in [0.29, 0.717) is 22.9 Å². The van der Waals surface area contributed by atoms with Crippen LogP contribution in [0.2, 0.25) is 5.02 Å². The highest BCUT2D eigenvalue weighted by Gasteiger charge is 2.16. The highest BCUT2D eigenvalue weighted by molar-refractivity contribution is 6.30. The number of halogens is 1. The van der Waals surface area contributed by atoms with Gasteiger partial charge in [0.2, 0.25) is 0 Å². The number of nitriles is 1. The molecule has 0 amide bonds. The minimum absolute atomic E-state index is 0.294. The van der Waals surface area contributed by atoms with Gasteiger partial charge >= 0.3 is 0 Å². The fraction of sp³-hybridized carbons (Fsp3) is 0.357. The van der Waals surface area contributed by atoms with Gasteiger partial charge in [0.25, 0.3) is 0 Å². The normalized spacial score (nSPS) is 13.6. The van der Waals surface area contributed by atoms with Crippen LogP contribution in [-0.2, 0) is 19.6 Å². The van der Waals surface area contributed by atoms with Crippen molar-refractivity contribution in [3.63, 3.8) is 0 Å². The van der Waals surface area contributed by atoms with Gasteiger partial charge in [-0.25, -0.2) is 0 Å². The van der Waals surface area contributed by atoms with Crippen molar-refractivity contribution in [1.82, 2.24) is 14.8 Å². The molecule has 0 saturated carbocycles. The summed E-state index contributed by atoms with van der Waals surface area (Å²) in [5, 5.41) is 17.9. The maximum Gasteiger partial charge on any atom is 0.171 e. The maximum atomic E-state index is 9.05. The molecule has 20 heavy (non-hydrogen) atoms. The summed E-state index contributed by atoms with van der Waals surface area (Å²) in [6.45, 7) is 1.23. The first kappa shape index (κ1) is 12.9. The standard InChI is InChI=1S/C14H13ClN4O/c15-11-5-4-10(8-16)12(7-11)20-9-14-18-17-13-3-1-2-6-19(13)14/h4-5,7H,1-3,6,9H2. The number of rotatable bonds is 3. The molecular formula is C14H13ClN4O. The molecule has 102 valence electrons. The number of hydrogen-bond acceptors (Lipinski definition) is 4. The lowest BCUT2D eigenvalue weighted by Crippen LogP contribution is -2.14. The fourth-order valence-corrected chi connectivity index (χ4v) is 2.49. The van der Waals surface area contributed by atoms with Crippen LogP contribution in [-0.4, -0.2) is 14.8 Å². The second-order valence-corrected chi connectivity index (χ2v) is 5.12. The fourth-order valence-electron chi connectivity index (χ4n) is 2.33. The Morgan fingerprint density at radius 3 is 3.10 bits per heavy atom. The quantitative estimate of drug-likeness (QED) is 0.871. The molecule has 0 radical (unpaired) electrons. The maximum absolute atomic E-state index is 9.05. The van der Waals surface area contributed by atoms with Crippen LogP contribution >= 0.6 is 11.6 Å². The van der Waals surface area contributed by atoms with E-state index in [2.05, 4.69) is 20.8 Å². The number of aryl methyl sites for hydroxylation is 1. The molecule has 0 fully saturated rings. The first-order valence-corrected chi connectivity index (χ1v) is 6.89. The van der Waals surface area contributed by atoms with Crippen molar-refractivity contribution in [3.8, 4) is 11.8 Å². The monoisotopic (exact) mass is 288 g/mol. The molecule has 0 saturated heterocycles. The molecule has 0 unspecified atom stereocenters. The second kappa shape index (κ2) is 5.51. The lowest BCUT2D eigenvalue weighted by molar-refractivity contribution is 0.285. The molecule has 3 rings (SSSR count). The SMILES string of the molecule is N#Cc1ccc(Cl)cc1OCc1nnc2n1CCCC2. The number of aromatic nitrogens is 3. The second-order valence-electron chi connectivity index (χ2n) is 4.68. The first-order chi connectivity index (χ1) is 9.78. The van der Waals surface area contributed by atoms with E-state index in [1.165, 1.54) is 0 Å². The molecule has 2 aromatic rings. The lowest BCUT2D eigenvalue weighted by Gasteiger charge is -2.15. The van der Waals surface area contributed by atoms with Gasteiger partial charge in [0, 0.05) is 24.1 Å². The van der Waals surface area contributed by atoms with Crippen LogP contribution in [0.4, 0.5) is 0 Å². The number of fused-ring (bicyclic) bond motifs is 1. The van der Waals surface area contributed by atoms with E-state index < -0.39 is 0 Å². The Morgan fingerprint density at radius 1 is 1.35 bits per heavy atom. The third-order valence-electron chi connectivity index (χ3n) is 3.36. The topological polar surface area (TPSA) is 63.7 Å². The highest BCUT2D eigenvalue weighted by Crippen LogP contribution is 2.24. The third-order valence-corrected chi connectivity index (χ3v) is 3.59. The smallest absolute Gasteiger partial charge is 0.171 e. The van der Waals surface area contributed by atoms with Crippen molar-refractivity contribution < 1.29 is 4.74 Å². The average molecular weight is 289 g/mol. The van der Waals surface area contributed by atoms with Crippen molar-refractivity contribution in [1.29, 1.82) is 5.26 Å². The highest BCUT2D eigenvalue weighted by atomic mass is 35.5. The van der Waals surface area contributed by atoms with E-state index in [1.807, 2.05) is 0 Å². The van der Waals surface area contributed by atoms with E-state index in [0.717, 1.165) is 37.5 Å². The minimum Gasteiger partial charge on any atom is -0.484 e. The Balaban J connectivity index is 1.79. The molecule has 0 spiro atoms. The van der Waals surface area contributed by atoms with Crippen LogP contribution in [0.25, 0.3) is 0 Å². The summed E-state index contributed by atoms with van der Waals surface area (Å²) in [4.78, 5) is 0. The predicted molar refractivity (Wildman–Crippen MR) is 73.5 cm³/mol. The molecule has 0 N–H and O–H groups in total. The van der Waals surface area contributed by atoms with Crippen molar-refractivity contribution in [2.45, 2.75) is 32.4 Å². The van der Waals surface area contributed by atoms with Gasteiger partial charge in [-0.1, -0.05) is 11.6 Å². The van der Waals surface area contributed by atoms with Crippen LogP contribution in [0.1, 0.15) is 30.1 Å². The molecular weight excluding hydrogens is 276 g/mol. The third kappa shape index (κ3) is 2.47. The summed E-state index contributed by atoms with van der Waals surface area (Å²) >= 11 is 5.93. The molecule has 0 bridgehead atoms. The molecule has 0 aliphatic carbocycles. The Kier molecular flexibility index (Phi) is 3.57. The van der Waals surface area contributed by atoms with Gasteiger partial charge in [0.15, 0.2) is 5.82 Å². The Bertz CT molecular complexity index is 674. The summed E-state index contributed by atoms with van der Waals surface area (Å²) < 4.78 is 7.79. The van der Waals surface area contributed by atoms with Gasteiger partial charge in [0.05, 0.1) is 5.56 Å². The van der Waals surface area contributed by atoms with Gasteiger partial charge in [-0.2, -0.15) is 5.26 Å². The van der Waals surface area contributed by atoms with E-state index in [-0.39, 0.29) is 0 Å². The zero-order valence-electron chi connectivity index (χ0n) is 10.8. The summed E-state index contributed by atoms with van der Waals surface area (Å²) in [5.41, 5.74) is 0.466. The van der Waals surface area contributed by atoms with Crippen LogP contribution in [0.5, 0.6) is 5.75 Å².